The van der Waals surface area contributed by atoms with Gasteiger partial charge in [-0.15, -0.1) is 0 Å². The Morgan fingerprint density at radius 3 is 2.60 bits per heavy atom. The zero-order valence-corrected chi connectivity index (χ0v) is 17.0. The Hall–Kier alpha value is -2.87. The largest absolute Gasteiger partial charge is 0.506 e. The summed E-state index contributed by atoms with van der Waals surface area (Å²) in [6.45, 7) is 0.233. The van der Waals surface area contributed by atoms with Gasteiger partial charge in [0.15, 0.2) is 0 Å². The summed E-state index contributed by atoms with van der Waals surface area (Å²) < 4.78 is 5.49. The Labute approximate surface area is 178 Å². The Morgan fingerprint density at radius 2 is 1.90 bits per heavy atom. The average Bonchev–Trinajstić information content (AvgIpc) is 2.76. The Kier molecular flexibility index (Phi) is 7.46. The zero-order chi connectivity index (χ0) is 21.5. The number of aliphatic hydroxyl groups is 2. The van der Waals surface area contributed by atoms with Gasteiger partial charge in [0.2, 0.25) is 0 Å². The van der Waals surface area contributed by atoms with Crippen molar-refractivity contribution >= 4 is 28.4 Å². The SMILES string of the molecule is O=C(NCc1ccc(Cl)cc1)c1cnc2c(CCCO)cc(OCCO)cc2c1O. The number of aliphatic hydroxyl groups excluding tert-OH is 2. The van der Waals surface area contributed by atoms with Gasteiger partial charge in [0, 0.05) is 29.8 Å². The fourth-order valence-corrected chi connectivity index (χ4v) is 3.21. The van der Waals surface area contributed by atoms with E-state index in [1.807, 2.05) is 0 Å². The molecule has 0 unspecified atom stereocenters. The number of rotatable bonds is 9. The van der Waals surface area contributed by atoms with Crippen molar-refractivity contribution in [2.75, 3.05) is 19.8 Å². The second-order valence-corrected chi connectivity index (χ2v) is 7.14. The first-order valence-electron chi connectivity index (χ1n) is 9.55. The molecule has 0 saturated heterocycles. The van der Waals surface area contributed by atoms with Gasteiger partial charge in [0.05, 0.1) is 12.1 Å². The number of nitrogens with one attached hydrogen (secondary N) is 1. The molecular weight excluding hydrogens is 408 g/mol. The van der Waals surface area contributed by atoms with Gasteiger partial charge < -0.3 is 25.4 Å². The van der Waals surface area contributed by atoms with Crippen molar-refractivity contribution in [3.63, 3.8) is 0 Å². The number of hydrogen-bond acceptors (Lipinski definition) is 6. The third-order valence-electron chi connectivity index (χ3n) is 4.57. The monoisotopic (exact) mass is 430 g/mol. The number of carbonyl (C=O) groups excluding carboxylic acids is 1. The van der Waals surface area contributed by atoms with Gasteiger partial charge >= 0.3 is 0 Å². The lowest BCUT2D eigenvalue weighted by molar-refractivity contribution is 0.0948. The summed E-state index contributed by atoms with van der Waals surface area (Å²) in [5.74, 6) is -0.218. The molecule has 0 saturated carbocycles. The van der Waals surface area contributed by atoms with E-state index >= 15 is 0 Å². The van der Waals surface area contributed by atoms with E-state index in [0.717, 1.165) is 11.1 Å². The molecule has 3 aromatic rings. The highest BCUT2D eigenvalue weighted by molar-refractivity contribution is 6.30. The molecule has 0 aliphatic carbocycles. The molecule has 7 nitrogen and oxygen atoms in total. The van der Waals surface area contributed by atoms with Crippen molar-refractivity contribution < 1.29 is 24.9 Å². The Bertz CT molecular complexity index is 1020. The summed E-state index contributed by atoms with van der Waals surface area (Å²) in [4.78, 5) is 17.0. The zero-order valence-electron chi connectivity index (χ0n) is 16.3. The van der Waals surface area contributed by atoms with Crippen molar-refractivity contribution in [1.82, 2.24) is 10.3 Å². The van der Waals surface area contributed by atoms with Crippen LogP contribution in [-0.2, 0) is 13.0 Å². The molecule has 1 amide bonds. The fourth-order valence-electron chi connectivity index (χ4n) is 3.09. The van der Waals surface area contributed by atoms with E-state index in [2.05, 4.69) is 10.3 Å². The van der Waals surface area contributed by atoms with Crippen LogP contribution in [0.25, 0.3) is 10.9 Å². The van der Waals surface area contributed by atoms with Crippen LogP contribution in [0, 0.1) is 0 Å². The summed E-state index contributed by atoms with van der Waals surface area (Å²) in [6.07, 6.45) is 2.38. The maximum absolute atomic E-state index is 12.6. The molecular formula is C22H23ClN2O5. The maximum Gasteiger partial charge on any atom is 0.256 e. The molecule has 1 aromatic heterocycles. The van der Waals surface area contributed by atoms with Crippen LogP contribution >= 0.6 is 11.6 Å². The molecule has 0 radical (unpaired) electrons. The van der Waals surface area contributed by atoms with Gasteiger partial charge in [0.1, 0.15) is 23.7 Å². The van der Waals surface area contributed by atoms with Crippen LogP contribution in [0.15, 0.2) is 42.6 Å². The number of fused-ring (bicyclic) bond motifs is 1. The van der Waals surface area contributed by atoms with Gasteiger partial charge in [0.25, 0.3) is 5.91 Å². The van der Waals surface area contributed by atoms with Gasteiger partial charge in [-0.25, -0.2) is 0 Å². The predicted octanol–water partition coefficient (Wildman–Crippen LogP) is 2.82. The molecule has 0 fully saturated rings. The molecule has 4 N–H and O–H groups in total. The lowest BCUT2D eigenvalue weighted by Gasteiger charge is -2.13. The van der Waals surface area contributed by atoms with Crippen LogP contribution in [0.1, 0.15) is 27.9 Å². The minimum atomic E-state index is -0.463. The molecule has 2 aromatic carbocycles. The number of hydrogen-bond donors (Lipinski definition) is 4. The van der Waals surface area contributed by atoms with E-state index in [1.54, 1.807) is 36.4 Å². The van der Waals surface area contributed by atoms with E-state index in [9.17, 15) is 9.90 Å². The molecule has 0 spiro atoms. The van der Waals surface area contributed by atoms with Crippen molar-refractivity contribution in [2.45, 2.75) is 19.4 Å². The minimum Gasteiger partial charge on any atom is -0.506 e. The molecule has 0 atom stereocenters. The van der Waals surface area contributed by atoms with Crippen molar-refractivity contribution in [2.24, 2.45) is 0 Å². The number of ether oxygens (including phenoxy) is 1. The highest BCUT2D eigenvalue weighted by Gasteiger charge is 2.18. The first kappa shape index (κ1) is 21.8. The van der Waals surface area contributed by atoms with Gasteiger partial charge in [-0.3, -0.25) is 9.78 Å². The highest BCUT2D eigenvalue weighted by Crippen LogP contribution is 2.33. The molecule has 1 heterocycles. The summed E-state index contributed by atoms with van der Waals surface area (Å²) in [6, 6.07) is 10.4. The number of nitrogens with zero attached hydrogens (tertiary/aromatic N) is 1. The molecule has 0 aliphatic rings. The van der Waals surface area contributed by atoms with Crippen molar-refractivity contribution in [3.05, 3.63) is 64.3 Å². The number of aromatic hydroxyl groups is 1. The number of aryl methyl sites for hydroxylation is 1. The van der Waals surface area contributed by atoms with Crippen LogP contribution in [0.2, 0.25) is 5.02 Å². The maximum atomic E-state index is 12.6. The molecule has 0 aliphatic heterocycles. The van der Waals surface area contributed by atoms with E-state index in [1.165, 1.54) is 6.20 Å². The smallest absolute Gasteiger partial charge is 0.256 e. The third-order valence-corrected chi connectivity index (χ3v) is 4.82. The molecule has 0 bridgehead atoms. The molecule has 30 heavy (non-hydrogen) atoms. The second kappa shape index (κ2) is 10.2. The fraction of sp³-hybridized carbons (Fsp3) is 0.273. The molecule has 158 valence electrons. The normalized spacial score (nSPS) is 10.9. The standard InChI is InChI=1S/C22H23ClN2O5/c23-16-5-3-14(4-6-16)12-25-22(29)19-13-24-20-15(2-1-7-26)10-17(30-9-8-27)11-18(20)21(19)28/h3-6,10-11,13,26-27H,1-2,7-9,12H2,(H,24,28)(H,25,29). The Balaban J connectivity index is 1.90. The summed E-state index contributed by atoms with van der Waals surface area (Å²) in [7, 11) is 0. The van der Waals surface area contributed by atoms with Crippen LogP contribution in [-0.4, -0.2) is 46.0 Å². The highest BCUT2D eigenvalue weighted by atomic mass is 35.5. The van der Waals surface area contributed by atoms with Crippen LogP contribution < -0.4 is 10.1 Å². The number of benzene rings is 2. The summed E-state index contributed by atoms with van der Waals surface area (Å²) in [5.41, 5.74) is 2.22. The third kappa shape index (κ3) is 5.18. The van der Waals surface area contributed by atoms with Gasteiger partial charge in [-0.05, 0) is 48.2 Å². The lowest BCUT2D eigenvalue weighted by Crippen LogP contribution is -2.23. The predicted molar refractivity (Wildman–Crippen MR) is 114 cm³/mol. The van der Waals surface area contributed by atoms with Crippen LogP contribution in [0.5, 0.6) is 11.5 Å². The minimum absolute atomic E-state index is 0.0143. The summed E-state index contributed by atoms with van der Waals surface area (Å²) >= 11 is 5.87. The van der Waals surface area contributed by atoms with Crippen LogP contribution in [0.4, 0.5) is 0 Å². The number of amides is 1. The quantitative estimate of drug-likeness (QED) is 0.415. The van der Waals surface area contributed by atoms with E-state index in [-0.39, 0.29) is 37.7 Å². The number of halogens is 1. The van der Waals surface area contributed by atoms with Crippen LogP contribution in [0.3, 0.4) is 0 Å². The van der Waals surface area contributed by atoms with E-state index in [4.69, 9.17) is 26.6 Å². The first-order valence-corrected chi connectivity index (χ1v) is 9.93. The number of aromatic nitrogens is 1. The van der Waals surface area contributed by atoms with Gasteiger partial charge in [-0.1, -0.05) is 23.7 Å². The van der Waals surface area contributed by atoms with E-state index < -0.39 is 5.91 Å². The van der Waals surface area contributed by atoms with E-state index in [0.29, 0.717) is 34.5 Å². The number of pyridine rings is 1. The van der Waals surface area contributed by atoms with Gasteiger partial charge in [-0.2, -0.15) is 0 Å². The number of carbonyl (C=O) groups is 1. The topological polar surface area (TPSA) is 112 Å². The van der Waals surface area contributed by atoms with Crippen molar-refractivity contribution in [1.29, 1.82) is 0 Å². The molecule has 3 rings (SSSR count). The second-order valence-electron chi connectivity index (χ2n) is 6.71. The summed E-state index contributed by atoms with van der Waals surface area (Å²) in [5, 5.41) is 32.7. The first-order chi connectivity index (χ1) is 14.5. The lowest BCUT2D eigenvalue weighted by atomic mass is 10.0. The Morgan fingerprint density at radius 1 is 1.13 bits per heavy atom. The van der Waals surface area contributed by atoms with Crippen molar-refractivity contribution in [3.8, 4) is 11.5 Å². The average molecular weight is 431 g/mol. The molecule has 8 heteroatoms.